The van der Waals surface area contributed by atoms with Gasteiger partial charge in [0.25, 0.3) is 5.91 Å². The molecule has 1 heterocycles. The molecule has 1 fully saturated rings. The predicted octanol–water partition coefficient (Wildman–Crippen LogP) is 2.70. The third-order valence-corrected chi connectivity index (χ3v) is 5.38. The average Bonchev–Trinajstić information content (AvgIpc) is 3.25. The number of likely N-dealkylation sites (tertiary alicyclic amines) is 1. The molecule has 6 heteroatoms. The van der Waals surface area contributed by atoms with E-state index < -0.39 is 0 Å². The molecule has 1 unspecified atom stereocenters. The van der Waals surface area contributed by atoms with Gasteiger partial charge < -0.3 is 20.3 Å². The van der Waals surface area contributed by atoms with Crippen LogP contribution in [0.2, 0.25) is 0 Å². The summed E-state index contributed by atoms with van der Waals surface area (Å²) in [5, 5.41) is 6.13. The number of nitrogens with zero attached hydrogens (tertiary/aromatic N) is 2. The number of hydrogen-bond donors (Lipinski definition) is 2. The first-order valence-electron chi connectivity index (χ1n) is 10.6. The summed E-state index contributed by atoms with van der Waals surface area (Å²) in [5.41, 5.74) is 3.04. The summed E-state index contributed by atoms with van der Waals surface area (Å²) in [6.45, 7) is 4.16. The third kappa shape index (κ3) is 6.32. The molecule has 1 aliphatic heterocycles. The maximum Gasteiger partial charge on any atom is 0.251 e. The minimum absolute atomic E-state index is 0.0572. The van der Waals surface area contributed by atoms with Crippen molar-refractivity contribution in [1.82, 2.24) is 15.5 Å². The minimum Gasteiger partial charge on any atom is -0.376 e. The maximum absolute atomic E-state index is 11.8. The van der Waals surface area contributed by atoms with Gasteiger partial charge in [-0.1, -0.05) is 42.5 Å². The van der Waals surface area contributed by atoms with Crippen molar-refractivity contribution < 1.29 is 9.53 Å². The van der Waals surface area contributed by atoms with Crippen molar-refractivity contribution in [3.63, 3.8) is 0 Å². The Labute approximate surface area is 179 Å². The Balaban J connectivity index is 1.40. The van der Waals surface area contributed by atoms with Gasteiger partial charge in [0, 0.05) is 45.2 Å². The zero-order valence-corrected chi connectivity index (χ0v) is 17.9. The monoisotopic (exact) mass is 408 g/mol. The first-order valence-corrected chi connectivity index (χ1v) is 10.6. The van der Waals surface area contributed by atoms with Gasteiger partial charge in [-0.05, 0) is 36.1 Å². The molecule has 30 heavy (non-hydrogen) atoms. The van der Waals surface area contributed by atoms with Crippen LogP contribution in [0.4, 0.5) is 0 Å². The minimum atomic E-state index is -0.0572. The van der Waals surface area contributed by atoms with Crippen LogP contribution in [0.15, 0.2) is 59.6 Å². The predicted molar refractivity (Wildman–Crippen MR) is 121 cm³/mol. The first kappa shape index (κ1) is 21.8. The smallest absolute Gasteiger partial charge is 0.251 e. The number of carbonyl (C=O) groups excluding carboxylic acids is 1. The molecule has 3 rings (SSSR count). The second kappa shape index (κ2) is 11.4. The zero-order valence-electron chi connectivity index (χ0n) is 17.9. The number of ether oxygens (including phenoxy) is 1. The summed E-state index contributed by atoms with van der Waals surface area (Å²) in [6, 6.07) is 18.0. The van der Waals surface area contributed by atoms with E-state index >= 15 is 0 Å². The highest BCUT2D eigenvalue weighted by Gasteiger charge is 2.24. The molecule has 0 bridgehead atoms. The molecular weight excluding hydrogens is 376 g/mol. The van der Waals surface area contributed by atoms with E-state index in [4.69, 9.17) is 4.74 Å². The Morgan fingerprint density at radius 2 is 1.97 bits per heavy atom. The summed E-state index contributed by atoms with van der Waals surface area (Å²) in [6.07, 6.45) is 1.95. The Morgan fingerprint density at radius 3 is 2.73 bits per heavy atom. The molecule has 0 radical (unpaired) electrons. The SMILES string of the molecule is CN=C(NCCc1cccc(C(=O)NC)c1)N1CCC(COCc2ccccc2)C1. The van der Waals surface area contributed by atoms with E-state index in [9.17, 15) is 4.79 Å². The highest BCUT2D eigenvalue weighted by molar-refractivity contribution is 5.94. The number of benzene rings is 2. The molecule has 1 saturated heterocycles. The van der Waals surface area contributed by atoms with Gasteiger partial charge in [-0.2, -0.15) is 0 Å². The lowest BCUT2D eigenvalue weighted by atomic mass is 10.1. The number of amides is 1. The van der Waals surface area contributed by atoms with Crippen LogP contribution in [-0.4, -0.2) is 57.1 Å². The highest BCUT2D eigenvalue weighted by Crippen LogP contribution is 2.17. The van der Waals surface area contributed by atoms with Gasteiger partial charge in [-0.3, -0.25) is 9.79 Å². The molecule has 160 valence electrons. The maximum atomic E-state index is 11.8. The lowest BCUT2D eigenvalue weighted by molar-refractivity contribution is 0.0906. The molecule has 2 aromatic rings. The topological polar surface area (TPSA) is 66.0 Å². The van der Waals surface area contributed by atoms with Crippen LogP contribution in [-0.2, 0) is 17.8 Å². The molecule has 0 aromatic heterocycles. The Morgan fingerprint density at radius 1 is 1.17 bits per heavy atom. The van der Waals surface area contributed by atoms with Gasteiger partial charge >= 0.3 is 0 Å². The number of guanidine groups is 1. The molecule has 1 atom stereocenters. The van der Waals surface area contributed by atoms with Crippen LogP contribution in [0.5, 0.6) is 0 Å². The van der Waals surface area contributed by atoms with Gasteiger partial charge in [0.2, 0.25) is 0 Å². The van der Waals surface area contributed by atoms with Crippen molar-refractivity contribution in [1.29, 1.82) is 0 Å². The second-order valence-corrected chi connectivity index (χ2v) is 7.60. The fourth-order valence-corrected chi connectivity index (χ4v) is 3.74. The van der Waals surface area contributed by atoms with Crippen LogP contribution in [0.1, 0.15) is 27.9 Å². The average molecular weight is 409 g/mol. The Hall–Kier alpha value is -2.86. The van der Waals surface area contributed by atoms with Gasteiger partial charge in [0.15, 0.2) is 5.96 Å². The fraction of sp³-hybridized carbons (Fsp3) is 0.417. The summed E-state index contributed by atoms with van der Waals surface area (Å²) >= 11 is 0. The molecule has 2 aromatic carbocycles. The molecule has 0 spiro atoms. The summed E-state index contributed by atoms with van der Waals surface area (Å²) in [5.74, 6) is 1.40. The van der Waals surface area contributed by atoms with Crippen molar-refractivity contribution in [3.05, 3.63) is 71.3 Å². The van der Waals surface area contributed by atoms with E-state index in [2.05, 4.69) is 32.7 Å². The molecule has 6 nitrogen and oxygen atoms in total. The summed E-state index contributed by atoms with van der Waals surface area (Å²) in [7, 11) is 3.48. The van der Waals surface area contributed by atoms with Crippen molar-refractivity contribution in [2.45, 2.75) is 19.4 Å². The summed E-state index contributed by atoms with van der Waals surface area (Å²) < 4.78 is 5.92. The Bertz CT molecular complexity index is 838. The normalized spacial score (nSPS) is 16.5. The molecular formula is C24H32N4O2. The van der Waals surface area contributed by atoms with Gasteiger partial charge in [-0.25, -0.2) is 0 Å². The quantitative estimate of drug-likeness (QED) is 0.521. The number of carbonyl (C=O) groups is 1. The first-order chi connectivity index (χ1) is 14.7. The van der Waals surface area contributed by atoms with E-state index in [0.717, 1.165) is 50.6 Å². The van der Waals surface area contributed by atoms with Crippen LogP contribution in [0.3, 0.4) is 0 Å². The van der Waals surface area contributed by atoms with Gasteiger partial charge in [0.1, 0.15) is 0 Å². The molecule has 0 saturated carbocycles. The van der Waals surface area contributed by atoms with Gasteiger partial charge in [0.05, 0.1) is 13.2 Å². The van der Waals surface area contributed by atoms with E-state index in [-0.39, 0.29) is 5.91 Å². The zero-order chi connectivity index (χ0) is 21.2. The van der Waals surface area contributed by atoms with Crippen LogP contribution < -0.4 is 10.6 Å². The number of hydrogen-bond acceptors (Lipinski definition) is 3. The van der Waals surface area contributed by atoms with E-state index in [0.29, 0.717) is 18.1 Å². The van der Waals surface area contributed by atoms with Gasteiger partial charge in [-0.15, -0.1) is 0 Å². The Kier molecular flexibility index (Phi) is 8.27. The summed E-state index contributed by atoms with van der Waals surface area (Å²) in [4.78, 5) is 18.5. The van der Waals surface area contributed by atoms with Crippen molar-refractivity contribution >= 4 is 11.9 Å². The second-order valence-electron chi connectivity index (χ2n) is 7.60. The standard InChI is InChI=1S/C24H32N4O2/c1-25-23(29)22-10-6-9-19(15-22)11-13-27-24(26-2)28-14-12-21(16-28)18-30-17-20-7-4-3-5-8-20/h3-10,15,21H,11-14,16-18H2,1-2H3,(H,25,29)(H,26,27). The number of aliphatic imine (C=N–C) groups is 1. The van der Waals surface area contributed by atoms with E-state index in [1.54, 1.807) is 7.05 Å². The number of nitrogens with one attached hydrogen (secondary N) is 2. The lowest BCUT2D eigenvalue weighted by Crippen LogP contribution is -2.41. The van der Waals surface area contributed by atoms with Crippen LogP contribution in [0.25, 0.3) is 0 Å². The van der Waals surface area contributed by atoms with E-state index in [1.165, 1.54) is 5.56 Å². The van der Waals surface area contributed by atoms with Crippen LogP contribution >= 0.6 is 0 Å². The molecule has 0 aliphatic carbocycles. The van der Waals surface area contributed by atoms with Crippen molar-refractivity contribution in [2.24, 2.45) is 10.9 Å². The highest BCUT2D eigenvalue weighted by atomic mass is 16.5. The van der Waals surface area contributed by atoms with Crippen molar-refractivity contribution in [3.8, 4) is 0 Å². The molecule has 1 amide bonds. The molecule has 1 aliphatic rings. The van der Waals surface area contributed by atoms with E-state index in [1.807, 2.05) is 49.5 Å². The fourth-order valence-electron chi connectivity index (χ4n) is 3.74. The number of rotatable bonds is 8. The van der Waals surface area contributed by atoms with Crippen LogP contribution in [0, 0.1) is 5.92 Å². The lowest BCUT2D eigenvalue weighted by Gasteiger charge is -2.22. The largest absolute Gasteiger partial charge is 0.376 e. The van der Waals surface area contributed by atoms with Crippen molar-refractivity contribution in [2.75, 3.05) is 40.3 Å². The third-order valence-electron chi connectivity index (χ3n) is 5.38. The molecule has 2 N–H and O–H groups in total.